The Balaban J connectivity index is 2.90. The highest BCUT2D eigenvalue weighted by atomic mass is 19.4. The number of hydrogen-bond donors (Lipinski definition) is 1. The molecule has 1 aromatic carbocycles. The third-order valence-electron chi connectivity index (χ3n) is 2.13. The molecule has 0 amide bonds. The zero-order valence-electron chi connectivity index (χ0n) is 9.12. The molecule has 6 heteroatoms. The van der Waals surface area contributed by atoms with E-state index in [0.717, 1.165) is 12.1 Å². The maximum absolute atomic E-state index is 12.0. The zero-order chi connectivity index (χ0) is 13.1. The van der Waals surface area contributed by atoms with Crippen LogP contribution in [0.15, 0.2) is 24.3 Å². The molecule has 0 saturated heterocycles. The standard InChI is InChI=1S/C11H12F3NO2/c1-2-9(15)10(16)7-4-3-5-8(6-7)17-11(12,13)14/h3-6,9H,2,15H2,1H3. The summed E-state index contributed by atoms with van der Waals surface area (Å²) in [6, 6.07) is 4.17. The van der Waals surface area contributed by atoms with Gasteiger partial charge in [-0.2, -0.15) is 0 Å². The van der Waals surface area contributed by atoms with Gasteiger partial charge in [-0.1, -0.05) is 19.1 Å². The van der Waals surface area contributed by atoms with Crippen LogP contribution >= 0.6 is 0 Å². The molecule has 0 radical (unpaired) electrons. The van der Waals surface area contributed by atoms with Crippen LogP contribution in [0.3, 0.4) is 0 Å². The maximum atomic E-state index is 12.0. The van der Waals surface area contributed by atoms with Crippen LogP contribution in [0, 0.1) is 0 Å². The van der Waals surface area contributed by atoms with Gasteiger partial charge in [0, 0.05) is 5.56 Å². The van der Waals surface area contributed by atoms with Crippen molar-refractivity contribution in [3.63, 3.8) is 0 Å². The van der Waals surface area contributed by atoms with Gasteiger partial charge in [-0.3, -0.25) is 4.79 Å². The predicted octanol–water partition coefficient (Wildman–Crippen LogP) is 2.51. The second-order valence-corrected chi connectivity index (χ2v) is 3.45. The molecule has 1 unspecified atom stereocenters. The van der Waals surface area contributed by atoms with Crippen molar-refractivity contribution in [3.8, 4) is 5.75 Å². The summed E-state index contributed by atoms with van der Waals surface area (Å²) in [6.45, 7) is 1.72. The lowest BCUT2D eigenvalue weighted by Crippen LogP contribution is -2.29. The minimum absolute atomic E-state index is 0.112. The molecule has 0 heterocycles. The number of halogens is 3. The number of alkyl halides is 3. The van der Waals surface area contributed by atoms with E-state index < -0.39 is 23.9 Å². The first kappa shape index (κ1) is 13.5. The van der Waals surface area contributed by atoms with Crippen molar-refractivity contribution in [2.75, 3.05) is 0 Å². The highest BCUT2D eigenvalue weighted by molar-refractivity contribution is 6.00. The van der Waals surface area contributed by atoms with Gasteiger partial charge in [0.15, 0.2) is 5.78 Å². The molecule has 0 fully saturated rings. The van der Waals surface area contributed by atoms with Crippen molar-refractivity contribution in [2.24, 2.45) is 5.73 Å². The smallest absolute Gasteiger partial charge is 0.406 e. The van der Waals surface area contributed by atoms with Crippen molar-refractivity contribution in [3.05, 3.63) is 29.8 Å². The maximum Gasteiger partial charge on any atom is 0.573 e. The van der Waals surface area contributed by atoms with E-state index in [2.05, 4.69) is 4.74 Å². The molecule has 0 spiro atoms. The van der Waals surface area contributed by atoms with E-state index >= 15 is 0 Å². The van der Waals surface area contributed by atoms with Crippen molar-refractivity contribution in [1.29, 1.82) is 0 Å². The quantitative estimate of drug-likeness (QED) is 0.832. The van der Waals surface area contributed by atoms with E-state index in [1.54, 1.807) is 6.92 Å². The number of benzene rings is 1. The van der Waals surface area contributed by atoms with Gasteiger partial charge in [0.2, 0.25) is 0 Å². The van der Waals surface area contributed by atoms with E-state index in [0.29, 0.717) is 6.42 Å². The molecule has 94 valence electrons. The van der Waals surface area contributed by atoms with Gasteiger partial charge in [0.25, 0.3) is 0 Å². The fourth-order valence-electron chi connectivity index (χ4n) is 1.25. The molecule has 0 aromatic heterocycles. The minimum atomic E-state index is -4.77. The van der Waals surface area contributed by atoms with Gasteiger partial charge < -0.3 is 10.5 Å². The second kappa shape index (κ2) is 5.18. The summed E-state index contributed by atoms with van der Waals surface area (Å²) in [5.41, 5.74) is 5.63. The fourth-order valence-corrected chi connectivity index (χ4v) is 1.25. The first-order valence-electron chi connectivity index (χ1n) is 4.99. The summed E-state index contributed by atoms with van der Waals surface area (Å²) >= 11 is 0. The van der Waals surface area contributed by atoms with Crippen LogP contribution in [0.4, 0.5) is 13.2 Å². The molecule has 0 aliphatic heterocycles. The van der Waals surface area contributed by atoms with Crippen LogP contribution in [0.25, 0.3) is 0 Å². The average Bonchev–Trinajstić information content (AvgIpc) is 2.25. The van der Waals surface area contributed by atoms with E-state index in [4.69, 9.17) is 5.73 Å². The molecule has 1 aromatic rings. The third kappa shape index (κ3) is 4.07. The van der Waals surface area contributed by atoms with Gasteiger partial charge in [0.05, 0.1) is 6.04 Å². The lowest BCUT2D eigenvalue weighted by Gasteiger charge is -2.11. The first-order valence-corrected chi connectivity index (χ1v) is 4.99. The van der Waals surface area contributed by atoms with Crippen molar-refractivity contribution >= 4 is 5.78 Å². The molecule has 0 aliphatic carbocycles. The Kier molecular flexibility index (Phi) is 4.11. The van der Waals surface area contributed by atoms with Crippen LogP contribution in [0.5, 0.6) is 5.75 Å². The van der Waals surface area contributed by atoms with Crippen LogP contribution in [-0.4, -0.2) is 18.2 Å². The Morgan fingerprint density at radius 2 is 2.12 bits per heavy atom. The SMILES string of the molecule is CCC(N)C(=O)c1cccc(OC(F)(F)F)c1. The molecule has 0 bridgehead atoms. The lowest BCUT2D eigenvalue weighted by molar-refractivity contribution is -0.274. The predicted molar refractivity (Wildman–Crippen MR) is 55.7 cm³/mol. The Labute approximate surface area is 96.4 Å². The molecular formula is C11H12F3NO2. The number of ketones is 1. The molecule has 0 saturated carbocycles. The summed E-state index contributed by atoms with van der Waals surface area (Å²) in [5.74, 6) is -0.827. The molecular weight excluding hydrogens is 235 g/mol. The minimum Gasteiger partial charge on any atom is -0.406 e. The lowest BCUT2D eigenvalue weighted by atomic mass is 10.0. The Bertz CT molecular complexity index is 404. The highest BCUT2D eigenvalue weighted by Crippen LogP contribution is 2.23. The third-order valence-corrected chi connectivity index (χ3v) is 2.13. The summed E-state index contributed by atoms with van der Waals surface area (Å²) in [5, 5.41) is 0. The Hall–Kier alpha value is -1.56. The van der Waals surface area contributed by atoms with Gasteiger partial charge >= 0.3 is 6.36 Å². The Morgan fingerprint density at radius 1 is 1.47 bits per heavy atom. The van der Waals surface area contributed by atoms with E-state index in [1.807, 2.05) is 0 Å². The normalized spacial score (nSPS) is 13.2. The molecule has 1 atom stereocenters. The van der Waals surface area contributed by atoms with Crippen LogP contribution in [-0.2, 0) is 0 Å². The van der Waals surface area contributed by atoms with Crippen LogP contribution in [0.2, 0.25) is 0 Å². The van der Waals surface area contributed by atoms with Gasteiger partial charge in [0.1, 0.15) is 5.75 Å². The molecule has 17 heavy (non-hydrogen) atoms. The van der Waals surface area contributed by atoms with E-state index in [9.17, 15) is 18.0 Å². The molecule has 1 rings (SSSR count). The van der Waals surface area contributed by atoms with Gasteiger partial charge in [-0.15, -0.1) is 13.2 Å². The van der Waals surface area contributed by atoms with Gasteiger partial charge in [-0.05, 0) is 18.6 Å². The molecule has 0 aliphatic rings. The number of carbonyl (C=O) groups excluding carboxylic acids is 1. The van der Waals surface area contributed by atoms with Crippen LogP contribution in [0.1, 0.15) is 23.7 Å². The van der Waals surface area contributed by atoms with Crippen LogP contribution < -0.4 is 10.5 Å². The zero-order valence-corrected chi connectivity index (χ0v) is 9.12. The first-order chi connectivity index (χ1) is 7.83. The summed E-state index contributed by atoms with van der Waals surface area (Å²) in [7, 11) is 0. The number of Topliss-reactive ketones (excluding diaryl/α,β-unsaturated/α-hetero) is 1. The number of hydrogen-bond acceptors (Lipinski definition) is 3. The highest BCUT2D eigenvalue weighted by Gasteiger charge is 2.31. The van der Waals surface area contributed by atoms with Crippen molar-refractivity contribution in [1.82, 2.24) is 0 Å². The average molecular weight is 247 g/mol. The number of carbonyl (C=O) groups is 1. The Morgan fingerprint density at radius 3 is 2.65 bits per heavy atom. The second-order valence-electron chi connectivity index (χ2n) is 3.45. The van der Waals surface area contributed by atoms with Crippen molar-refractivity contribution < 1.29 is 22.7 Å². The number of rotatable bonds is 4. The largest absolute Gasteiger partial charge is 0.573 e. The fraction of sp³-hybridized carbons (Fsp3) is 0.364. The number of ether oxygens (including phenoxy) is 1. The topological polar surface area (TPSA) is 52.3 Å². The van der Waals surface area contributed by atoms with E-state index in [-0.39, 0.29) is 5.56 Å². The summed E-state index contributed by atoms with van der Waals surface area (Å²) < 4.78 is 39.6. The van der Waals surface area contributed by atoms with Gasteiger partial charge in [-0.25, -0.2) is 0 Å². The summed E-state index contributed by atoms with van der Waals surface area (Å²) in [6.07, 6.45) is -4.35. The van der Waals surface area contributed by atoms with E-state index in [1.165, 1.54) is 12.1 Å². The number of nitrogens with two attached hydrogens (primary N) is 1. The molecule has 2 N–H and O–H groups in total. The monoisotopic (exact) mass is 247 g/mol. The summed E-state index contributed by atoms with van der Waals surface area (Å²) in [4.78, 5) is 11.6. The van der Waals surface area contributed by atoms with Crippen molar-refractivity contribution in [2.45, 2.75) is 25.7 Å². The molecule has 3 nitrogen and oxygen atoms in total.